The third-order valence-electron chi connectivity index (χ3n) is 7.12. The minimum absolute atomic E-state index is 0.0884. The molecule has 5 atom stereocenters. The van der Waals surface area contributed by atoms with E-state index in [1.54, 1.807) is 31.2 Å². The minimum Gasteiger partial charge on any atom is -0.493 e. The van der Waals surface area contributed by atoms with Crippen molar-refractivity contribution < 1.29 is 53.3 Å². The fourth-order valence-electron chi connectivity index (χ4n) is 5.12. The van der Waals surface area contributed by atoms with Gasteiger partial charge in [-0.15, -0.1) is 0 Å². The molecule has 3 aliphatic heterocycles. The Bertz CT molecular complexity index is 1430. The van der Waals surface area contributed by atoms with Crippen LogP contribution in [0.15, 0.2) is 30.3 Å². The predicted molar refractivity (Wildman–Crippen MR) is 131 cm³/mol. The van der Waals surface area contributed by atoms with Gasteiger partial charge in [0.05, 0.1) is 25.9 Å². The normalized spacial score (nSPS) is 25.7. The molecular weight excluding hydrogens is 500 g/mol. The van der Waals surface area contributed by atoms with E-state index in [4.69, 9.17) is 33.2 Å². The second-order valence-electron chi connectivity index (χ2n) is 9.25. The first-order valence-electron chi connectivity index (χ1n) is 12.0. The Labute approximate surface area is 217 Å². The van der Waals surface area contributed by atoms with Crippen molar-refractivity contribution in [2.24, 2.45) is 0 Å². The SMILES string of the molecule is COc1cc2c(O[C@@H]3O[C@H](C)[C@H](O)[C@H](O)[C@H]3O)c3c(c(-c4ccc5c(c4)OCO5)c2cc1OC)C(=O)OC3. The number of cyclic esters (lactones) is 1. The van der Waals surface area contributed by atoms with Crippen LogP contribution in [0.25, 0.3) is 21.9 Å². The van der Waals surface area contributed by atoms with Crippen molar-refractivity contribution in [1.29, 1.82) is 0 Å². The predicted octanol–water partition coefficient (Wildman–Crippen LogP) is 2.13. The summed E-state index contributed by atoms with van der Waals surface area (Å²) in [4.78, 5) is 13.1. The Morgan fingerprint density at radius 2 is 1.55 bits per heavy atom. The third-order valence-corrected chi connectivity index (χ3v) is 7.12. The Balaban J connectivity index is 1.61. The van der Waals surface area contributed by atoms with Crippen LogP contribution in [0.1, 0.15) is 22.8 Å². The summed E-state index contributed by atoms with van der Waals surface area (Å²) < 4.78 is 39.4. The van der Waals surface area contributed by atoms with Crippen molar-refractivity contribution >= 4 is 16.7 Å². The number of ether oxygens (including phenoxy) is 7. The lowest BCUT2D eigenvalue weighted by atomic mass is 9.89. The quantitative estimate of drug-likeness (QED) is 0.421. The van der Waals surface area contributed by atoms with Gasteiger partial charge in [0.25, 0.3) is 0 Å². The summed E-state index contributed by atoms with van der Waals surface area (Å²) in [5.41, 5.74) is 1.95. The maximum absolute atomic E-state index is 13.1. The highest BCUT2D eigenvalue weighted by Crippen LogP contribution is 2.49. The van der Waals surface area contributed by atoms with Crippen LogP contribution in [0.4, 0.5) is 0 Å². The summed E-state index contributed by atoms with van der Waals surface area (Å²) in [6.07, 6.45) is -6.51. The highest BCUT2D eigenvalue weighted by atomic mass is 16.7. The first-order chi connectivity index (χ1) is 18.3. The van der Waals surface area contributed by atoms with Gasteiger partial charge in [-0.25, -0.2) is 4.79 Å². The molecule has 3 aromatic carbocycles. The molecule has 0 bridgehead atoms. The zero-order chi connectivity index (χ0) is 26.7. The molecule has 1 fully saturated rings. The molecule has 1 saturated heterocycles. The van der Waals surface area contributed by atoms with Crippen molar-refractivity contribution in [1.82, 2.24) is 0 Å². The first kappa shape index (κ1) is 24.6. The third kappa shape index (κ3) is 3.70. The Morgan fingerprint density at radius 3 is 2.29 bits per heavy atom. The number of aliphatic hydroxyl groups excluding tert-OH is 3. The van der Waals surface area contributed by atoms with Gasteiger partial charge in [-0.1, -0.05) is 6.07 Å². The second-order valence-corrected chi connectivity index (χ2v) is 9.25. The van der Waals surface area contributed by atoms with Gasteiger partial charge < -0.3 is 48.5 Å². The second kappa shape index (κ2) is 9.21. The van der Waals surface area contributed by atoms with Crippen molar-refractivity contribution in [3.05, 3.63) is 41.5 Å². The molecule has 0 radical (unpaired) electrons. The van der Waals surface area contributed by atoms with E-state index in [2.05, 4.69) is 0 Å². The van der Waals surface area contributed by atoms with Crippen molar-refractivity contribution in [2.45, 2.75) is 44.2 Å². The number of esters is 1. The van der Waals surface area contributed by atoms with E-state index in [1.165, 1.54) is 14.2 Å². The van der Waals surface area contributed by atoms with E-state index in [9.17, 15) is 20.1 Å². The number of carbonyl (C=O) groups excluding carboxylic acids is 1. The molecule has 0 saturated carbocycles. The number of hydrogen-bond acceptors (Lipinski definition) is 11. The first-order valence-corrected chi connectivity index (χ1v) is 12.0. The molecule has 3 aliphatic rings. The molecule has 38 heavy (non-hydrogen) atoms. The number of benzene rings is 3. The molecule has 6 rings (SSSR count). The number of methoxy groups -OCH3 is 2. The maximum atomic E-state index is 13.1. The summed E-state index contributed by atoms with van der Waals surface area (Å²) in [5, 5.41) is 32.2. The molecule has 0 spiro atoms. The summed E-state index contributed by atoms with van der Waals surface area (Å²) >= 11 is 0. The van der Waals surface area contributed by atoms with Gasteiger partial charge in [0.2, 0.25) is 13.1 Å². The molecule has 11 nitrogen and oxygen atoms in total. The Kier molecular flexibility index (Phi) is 5.95. The van der Waals surface area contributed by atoms with E-state index in [0.29, 0.717) is 50.5 Å². The standard InChI is InChI=1S/C27H26O11/c1-11-22(28)23(29)24(30)27(37-11)38-25-14-8-18(33-3)17(32-2)7-13(14)20(21-15(25)9-34-26(21)31)12-4-5-16-19(6-12)36-10-35-16/h4-8,11,22-24,27-30H,9-10H2,1-3H3/t11-,22+,23+,24-,27+/m1/s1. The average molecular weight is 526 g/mol. The van der Waals surface area contributed by atoms with Gasteiger partial charge in [0, 0.05) is 16.5 Å². The van der Waals surface area contributed by atoms with E-state index in [-0.39, 0.29) is 24.7 Å². The van der Waals surface area contributed by atoms with Crippen LogP contribution < -0.4 is 23.7 Å². The molecular formula is C27H26O11. The van der Waals surface area contributed by atoms with Crippen LogP contribution >= 0.6 is 0 Å². The zero-order valence-electron chi connectivity index (χ0n) is 20.8. The van der Waals surface area contributed by atoms with E-state index >= 15 is 0 Å². The van der Waals surface area contributed by atoms with Crippen molar-refractivity contribution in [3.63, 3.8) is 0 Å². The number of aliphatic hydroxyl groups is 3. The monoisotopic (exact) mass is 526 g/mol. The highest BCUT2D eigenvalue weighted by molar-refractivity contribution is 6.14. The van der Waals surface area contributed by atoms with Crippen LogP contribution in [0.5, 0.6) is 28.7 Å². The van der Waals surface area contributed by atoms with Gasteiger partial charge in [-0.05, 0) is 42.1 Å². The van der Waals surface area contributed by atoms with Crippen LogP contribution in [-0.4, -0.2) is 73.0 Å². The average Bonchev–Trinajstić information content (AvgIpc) is 3.55. The number of hydrogen-bond donors (Lipinski definition) is 3. The van der Waals surface area contributed by atoms with Gasteiger partial charge in [-0.3, -0.25) is 0 Å². The van der Waals surface area contributed by atoms with E-state index in [1.807, 2.05) is 6.07 Å². The number of rotatable bonds is 5. The summed E-state index contributed by atoms with van der Waals surface area (Å²) in [6.45, 7) is 1.57. The minimum atomic E-state index is -1.56. The van der Waals surface area contributed by atoms with Crippen molar-refractivity contribution in [2.75, 3.05) is 21.0 Å². The van der Waals surface area contributed by atoms with Gasteiger partial charge in [0.1, 0.15) is 30.7 Å². The largest absolute Gasteiger partial charge is 0.493 e. The lowest BCUT2D eigenvalue weighted by Gasteiger charge is -2.39. The highest BCUT2D eigenvalue weighted by Gasteiger charge is 2.44. The zero-order valence-corrected chi connectivity index (χ0v) is 20.8. The van der Waals surface area contributed by atoms with Gasteiger partial charge in [-0.2, -0.15) is 0 Å². The maximum Gasteiger partial charge on any atom is 0.339 e. The molecule has 3 N–H and O–H groups in total. The lowest BCUT2D eigenvalue weighted by molar-refractivity contribution is -0.268. The lowest BCUT2D eigenvalue weighted by Crippen LogP contribution is -2.58. The molecule has 0 aliphatic carbocycles. The summed E-state index contributed by atoms with van der Waals surface area (Å²) in [6, 6.07) is 8.80. The topological polar surface area (TPSA) is 142 Å². The summed E-state index contributed by atoms with van der Waals surface area (Å²) in [5.74, 6) is 1.61. The Hall–Kier alpha value is -3.77. The van der Waals surface area contributed by atoms with E-state index in [0.717, 1.165) is 0 Å². The Morgan fingerprint density at radius 1 is 0.842 bits per heavy atom. The molecule has 3 aromatic rings. The molecule has 3 heterocycles. The number of fused-ring (bicyclic) bond motifs is 3. The van der Waals surface area contributed by atoms with Gasteiger partial charge in [0.15, 0.2) is 23.0 Å². The fourth-order valence-corrected chi connectivity index (χ4v) is 5.12. The van der Waals surface area contributed by atoms with Gasteiger partial charge >= 0.3 is 5.97 Å². The smallest absolute Gasteiger partial charge is 0.339 e. The number of carbonyl (C=O) groups is 1. The molecule has 11 heteroatoms. The molecule has 0 aromatic heterocycles. The van der Waals surface area contributed by atoms with Crippen LogP contribution in [0, 0.1) is 0 Å². The molecule has 0 amide bonds. The summed E-state index contributed by atoms with van der Waals surface area (Å²) in [7, 11) is 3.00. The van der Waals surface area contributed by atoms with Crippen molar-refractivity contribution in [3.8, 4) is 39.9 Å². The van der Waals surface area contributed by atoms with Crippen LogP contribution in [0.2, 0.25) is 0 Å². The fraction of sp³-hybridized carbons (Fsp3) is 0.370. The molecule has 0 unspecified atom stereocenters. The van der Waals surface area contributed by atoms with Crippen LogP contribution in [0.3, 0.4) is 0 Å². The van der Waals surface area contributed by atoms with E-state index < -0.39 is 36.7 Å². The molecule has 200 valence electrons. The van der Waals surface area contributed by atoms with Crippen LogP contribution in [-0.2, 0) is 16.1 Å².